The van der Waals surface area contributed by atoms with E-state index in [0.29, 0.717) is 23.7 Å². The van der Waals surface area contributed by atoms with Gasteiger partial charge in [0.15, 0.2) is 0 Å². The number of benzene rings is 1. The van der Waals surface area contributed by atoms with Crippen molar-refractivity contribution in [3.8, 4) is 0 Å². The summed E-state index contributed by atoms with van der Waals surface area (Å²) in [7, 11) is 0. The summed E-state index contributed by atoms with van der Waals surface area (Å²) in [6.45, 7) is 9.65. The molecule has 0 saturated heterocycles. The average Bonchev–Trinajstić information content (AvgIpc) is 2.24. The Bertz CT molecular complexity index is 399. The Kier molecular flexibility index (Phi) is 4.55. The van der Waals surface area contributed by atoms with E-state index in [4.69, 9.17) is 5.73 Å². The van der Waals surface area contributed by atoms with Gasteiger partial charge >= 0.3 is 0 Å². The third-order valence-electron chi connectivity index (χ3n) is 2.69. The molecule has 17 heavy (non-hydrogen) atoms. The molecule has 0 aliphatic rings. The number of rotatable bonds is 4. The summed E-state index contributed by atoms with van der Waals surface area (Å²) in [6, 6.07) is 5.58. The van der Waals surface area contributed by atoms with Gasteiger partial charge in [-0.3, -0.25) is 4.79 Å². The minimum Gasteiger partial charge on any atom is -0.398 e. The van der Waals surface area contributed by atoms with Crippen LogP contribution in [0.4, 0.5) is 5.69 Å². The minimum absolute atomic E-state index is 0.0266. The molecule has 94 valence electrons. The highest BCUT2D eigenvalue weighted by atomic mass is 16.2. The third-order valence-corrected chi connectivity index (χ3v) is 2.69. The van der Waals surface area contributed by atoms with Crippen LogP contribution in [0.5, 0.6) is 0 Å². The predicted octanol–water partition coefficient (Wildman–Crippen LogP) is 2.70. The molecule has 1 aromatic carbocycles. The second kappa shape index (κ2) is 5.71. The largest absolute Gasteiger partial charge is 0.398 e. The lowest BCUT2D eigenvalue weighted by Crippen LogP contribution is -2.34. The molecule has 0 aromatic heterocycles. The molecule has 2 N–H and O–H groups in total. The van der Waals surface area contributed by atoms with E-state index in [1.54, 1.807) is 0 Å². The third kappa shape index (κ3) is 3.48. The van der Waals surface area contributed by atoms with Crippen molar-refractivity contribution in [3.63, 3.8) is 0 Å². The van der Waals surface area contributed by atoms with Gasteiger partial charge in [0.2, 0.25) is 0 Å². The number of nitrogen functional groups attached to an aromatic ring is 1. The first-order valence-electron chi connectivity index (χ1n) is 6.11. The number of hydrogen-bond acceptors (Lipinski definition) is 2. The monoisotopic (exact) mass is 234 g/mol. The molecule has 3 heteroatoms. The van der Waals surface area contributed by atoms with E-state index in [0.717, 1.165) is 12.1 Å². The Hall–Kier alpha value is -1.51. The number of carbonyl (C=O) groups excluding carboxylic acids is 1. The maximum atomic E-state index is 12.3. The SMILES string of the molecule is CCN(CC(C)C)C(=O)c1ccc(C)cc1N. The molecule has 1 aromatic rings. The smallest absolute Gasteiger partial charge is 0.255 e. The number of aryl methyl sites for hydroxylation is 1. The average molecular weight is 234 g/mol. The Morgan fingerprint density at radius 2 is 2.06 bits per heavy atom. The van der Waals surface area contributed by atoms with E-state index >= 15 is 0 Å². The number of carbonyl (C=O) groups is 1. The van der Waals surface area contributed by atoms with E-state index < -0.39 is 0 Å². The van der Waals surface area contributed by atoms with Crippen LogP contribution in [0, 0.1) is 12.8 Å². The van der Waals surface area contributed by atoms with E-state index in [2.05, 4.69) is 13.8 Å². The Morgan fingerprint density at radius 3 is 2.53 bits per heavy atom. The van der Waals surface area contributed by atoms with Crippen LogP contribution in [0.25, 0.3) is 0 Å². The van der Waals surface area contributed by atoms with Crippen molar-refractivity contribution >= 4 is 11.6 Å². The molecule has 0 bridgehead atoms. The molecule has 1 rings (SSSR count). The first kappa shape index (κ1) is 13.6. The Morgan fingerprint density at radius 1 is 1.41 bits per heavy atom. The molecule has 0 heterocycles. The number of hydrogen-bond donors (Lipinski definition) is 1. The second-order valence-electron chi connectivity index (χ2n) is 4.83. The van der Waals surface area contributed by atoms with Gasteiger partial charge in [0.05, 0.1) is 5.56 Å². The molecule has 0 atom stereocenters. The number of nitrogens with zero attached hydrogens (tertiary/aromatic N) is 1. The molecule has 3 nitrogen and oxygen atoms in total. The zero-order chi connectivity index (χ0) is 13.0. The van der Waals surface area contributed by atoms with Crippen LogP contribution in [-0.2, 0) is 0 Å². The van der Waals surface area contributed by atoms with Gasteiger partial charge in [0.25, 0.3) is 5.91 Å². The molecule has 0 fully saturated rings. The quantitative estimate of drug-likeness (QED) is 0.814. The summed E-state index contributed by atoms with van der Waals surface area (Å²) in [5.41, 5.74) is 8.15. The van der Waals surface area contributed by atoms with Crippen LogP contribution in [0.3, 0.4) is 0 Å². The maximum absolute atomic E-state index is 12.3. The lowest BCUT2D eigenvalue weighted by molar-refractivity contribution is 0.0747. The lowest BCUT2D eigenvalue weighted by atomic mass is 10.1. The molecule has 0 spiro atoms. The van der Waals surface area contributed by atoms with Crippen molar-refractivity contribution in [1.82, 2.24) is 4.90 Å². The highest BCUT2D eigenvalue weighted by molar-refractivity contribution is 5.99. The molecule has 0 saturated carbocycles. The molecule has 0 unspecified atom stereocenters. The number of anilines is 1. The van der Waals surface area contributed by atoms with Crippen molar-refractivity contribution in [2.75, 3.05) is 18.8 Å². The lowest BCUT2D eigenvalue weighted by Gasteiger charge is -2.23. The van der Waals surface area contributed by atoms with Gasteiger partial charge in [-0.05, 0) is 37.5 Å². The van der Waals surface area contributed by atoms with Crippen LogP contribution >= 0.6 is 0 Å². The second-order valence-corrected chi connectivity index (χ2v) is 4.83. The number of amides is 1. The fourth-order valence-electron chi connectivity index (χ4n) is 1.84. The van der Waals surface area contributed by atoms with Gasteiger partial charge < -0.3 is 10.6 Å². The molecule has 0 radical (unpaired) electrons. The topological polar surface area (TPSA) is 46.3 Å². The maximum Gasteiger partial charge on any atom is 0.255 e. The van der Waals surface area contributed by atoms with Gasteiger partial charge in [0.1, 0.15) is 0 Å². The van der Waals surface area contributed by atoms with Crippen LogP contribution in [0.2, 0.25) is 0 Å². The Labute approximate surface area is 104 Å². The van der Waals surface area contributed by atoms with E-state index in [1.807, 2.05) is 36.9 Å². The van der Waals surface area contributed by atoms with Crippen LogP contribution in [-0.4, -0.2) is 23.9 Å². The normalized spacial score (nSPS) is 10.6. The highest BCUT2D eigenvalue weighted by Gasteiger charge is 2.17. The van der Waals surface area contributed by atoms with Gasteiger partial charge in [0, 0.05) is 18.8 Å². The molecule has 0 aliphatic heterocycles. The fourth-order valence-corrected chi connectivity index (χ4v) is 1.84. The summed E-state index contributed by atoms with van der Waals surface area (Å²) in [4.78, 5) is 14.1. The van der Waals surface area contributed by atoms with Crippen molar-refractivity contribution in [2.24, 2.45) is 5.92 Å². The van der Waals surface area contributed by atoms with Crippen LogP contribution in [0.15, 0.2) is 18.2 Å². The standard InChI is InChI=1S/C14H22N2O/c1-5-16(9-10(2)3)14(17)12-7-6-11(4)8-13(12)15/h6-8,10H,5,9,15H2,1-4H3. The summed E-state index contributed by atoms with van der Waals surface area (Å²) < 4.78 is 0. The van der Waals surface area contributed by atoms with Gasteiger partial charge in [-0.1, -0.05) is 19.9 Å². The van der Waals surface area contributed by atoms with Crippen LogP contribution in [0.1, 0.15) is 36.7 Å². The summed E-state index contributed by atoms with van der Waals surface area (Å²) in [5, 5.41) is 0. The minimum atomic E-state index is 0.0266. The summed E-state index contributed by atoms with van der Waals surface area (Å²) in [6.07, 6.45) is 0. The molecular formula is C14H22N2O. The zero-order valence-corrected chi connectivity index (χ0v) is 11.2. The van der Waals surface area contributed by atoms with Gasteiger partial charge in [-0.25, -0.2) is 0 Å². The summed E-state index contributed by atoms with van der Waals surface area (Å²) in [5.74, 6) is 0.490. The summed E-state index contributed by atoms with van der Waals surface area (Å²) >= 11 is 0. The van der Waals surface area contributed by atoms with Crippen molar-refractivity contribution in [1.29, 1.82) is 0 Å². The van der Waals surface area contributed by atoms with E-state index in [-0.39, 0.29) is 5.91 Å². The van der Waals surface area contributed by atoms with Gasteiger partial charge in [-0.15, -0.1) is 0 Å². The van der Waals surface area contributed by atoms with E-state index in [9.17, 15) is 4.79 Å². The van der Waals surface area contributed by atoms with Crippen molar-refractivity contribution in [3.05, 3.63) is 29.3 Å². The van der Waals surface area contributed by atoms with Gasteiger partial charge in [-0.2, -0.15) is 0 Å². The highest BCUT2D eigenvalue weighted by Crippen LogP contribution is 2.16. The first-order valence-corrected chi connectivity index (χ1v) is 6.11. The van der Waals surface area contributed by atoms with E-state index in [1.165, 1.54) is 0 Å². The molecular weight excluding hydrogens is 212 g/mol. The predicted molar refractivity (Wildman–Crippen MR) is 72.0 cm³/mol. The van der Waals surface area contributed by atoms with Crippen molar-refractivity contribution in [2.45, 2.75) is 27.7 Å². The molecule has 1 amide bonds. The van der Waals surface area contributed by atoms with Crippen molar-refractivity contribution < 1.29 is 4.79 Å². The number of nitrogens with two attached hydrogens (primary N) is 1. The molecule has 0 aliphatic carbocycles. The first-order chi connectivity index (χ1) is 7.95. The fraction of sp³-hybridized carbons (Fsp3) is 0.500. The zero-order valence-electron chi connectivity index (χ0n) is 11.2. The van der Waals surface area contributed by atoms with Crippen LogP contribution < -0.4 is 5.73 Å². The Balaban J connectivity index is 2.93.